The molecular weight excluding hydrogens is 340 g/mol. The second-order valence-electron chi connectivity index (χ2n) is 6.51. The molecule has 0 saturated heterocycles. The molecule has 24 heavy (non-hydrogen) atoms. The molecule has 1 fully saturated rings. The van der Waals surface area contributed by atoms with Crippen molar-refractivity contribution in [3.8, 4) is 0 Å². The van der Waals surface area contributed by atoms with Crippen LogP contribution in [-0.2, 0) is 14.3 Å². The number of esters is 1. The van der Waals surface area contributed by atoms with E-state index in [1.807, 2.05) is 23.5 Å². The number of rotatable bonds is 14. The van der Waals surface area contributed by atoms with Crippen molar-refractivity contribution in [2.24, 2.45) is 0 Å². The van der Waals surface area contributed by atoms with Crippen molar-refractivity contribution in [3.05, 3.63) is 0 Å². The van der Waals surface area contributed by atoms with Crippen LogP contribution in [0.15, 0.2) is 0 Å². The first-order chi connectivity index (χ1) is 11.7. The lowest BCUT2D eigenvalue weighted by molar-refractivity contribution is -0.140. The third-order valence-electron chi connectivity index (χ3n) is 4.46. The molecule has 0 bridgehead atoms. The van der Waals surface area contributed by atoms with Gasteiger partial charge < -0.3 is 4.74 Å². The fraction of sp³-hybridized carbons (Fsp3) is 0.895. The lowest BCUT2D eigenvalue weighted by Crippen LogP contribution is -2.20. The molecular formula is C19H34O3S2. The van der Waals surface area contributed by atoms with Crippen LogP contribution in [0, 0.1) is 0 Å². The Morgan fingerprint density at radius 2 is 1.71 bits per heavy atom. The number of methoxy groups -OCH3 is 1. The number of hydrogen-bond donors (Lipinski definition) is 0. The maximum atomic E-state index is 12.1. The van der Waals surface area contributed by atoms with Gasteiger partial charge in [-0.15, -0.1) is 11.8 Å². The van der Waals surface area contributed by atoms with Crippen LogP contribution in [0.4, 0.5) is 0 Å². The van der Waals surface area contributed by atoms with Crippen LogP contribution < -0.4 is 0 Å². The van der Waals surface area contributed by atoms with Gasteiger partial charge in [0.1, 0.15) is 5.78 Å². The summed E-state index contributed by atoms with van der Waals surface area (Å²) >= 11 is 3.88. The topological polar surface area (TPSA) is 43.4 Å². The highest BCUT2D eigenvalue weighted by atomic mass is 32.2. The maximum Gasteiger partial charge on any atom is 0.305 e. The van der Waals surface area contributed by atoms with Gasteiger partial charge in [-0.25, -0.2) is 0 Å². The van der Waals surface area contributed by atoms with Crippen molar-refractivity contribution < 1.29 is 14.3 Å². The van der Waals surface area contributed by atoms with E-state index in [1.54, 1.807) is 0 Å². The molecule has 0 unspecified atom stereocenters. The smallest absolute Gasteiger partial charge is 0.305 e. The largest absolute Gasteiger partial charge is 0.469 e. The van der Waals surface area contributed by atoms with Gasteiger partial charge in [-0.05, 0) is 37.2 Å². The molecule has 0 aliphatic heterocycles. The van der Waals surface area contributed by atoms with E-state index < -0.39 is 0 Å². The van der Waals surface area contributed by atoms with Gasteiger partial charge in [0.25, 0.3) is 0 Å². The van der Waals surface area contributed by atoms with E-state index in [1.165, 1.54) is 45.0 Å². The summed E-state index contributed by atoms with van der Waals surface area (Å²) in [5, 5.41) is 0.745. The number of ether oxygens (including phenoxy) is 1. The molecule has 1 aliphatic rings. The fourth-order valence-corrected chi connectivity index (χ4v) is 5.99. The molecule has 140 valence electrons. The van der Waals surface area contributed by atoms with Gasteiger partial charge in [0.2, 0.25) is 0 Å². The van der Waals surface area contributed by atoms with Crippen LogP contribution in [0.25, 0.3) is 0 Å². The predicted molar refractivity (Wildman–Crippen MR) is 106 cm³/mol. The molecule has 0 aromatic heterocycles. The zero-order valence-electron chi connectivity index (χ0n) is 15.4. The predicted octanol–water partition coefficient (Wildman–Crippen LogP) is 5.26. The summed E-state index contributed by atoms with van der Waals surface area (Å²) in [5.74, 6) is 2.57. The lowest BCUT2D eigenvalue weighted by Gasteiger charge is -2.17. The van der Waals surface area contributed by atoms with E-state index in [-0.39, 0.29) is 11.2 Å². The summed E-state index contributed by atoms with van der Waals surface area (Å²) in [5.41, 5.74) is 0. The van der Waals surface area contributed by atoms with E-state index in [9.17, 15) is 9.59 Å². The Morgan fingerprint density at radius 3 is 2.42 bits per heavy atom. The average molecular weight is 375 g/mol. The fourth-order valence-electron chi connectivity index (χ4n) is 2.96. The number of thioether (sulfide) groups is 2. The minimum absolute atomic E-state index is 0.121. The molecule has 3 nitrogen and oxygen atoms in total. The summed E-state index contributed by atoms with van der Waals surface area (Å²) in [7, 11) is 1.44. The SMILES string of the molecule is CCCCCCCS[C@H]1CCC(=O)[C@@H]1SCCCCCC(=O)OC. The molecule has 1 saturated carbocycles. The zero-order chi connectivity index (χ0) is 17.6. The van der Waals surface area contributed by atoms with Gasteiger partial charge in [0.15, 0.2) is 0 Å². The van der Waals surface area contributed by atoms with Crippen molar-refractivity contribution in [2.45, 2.75) is 88.1 Å². The average Bonchev–Trinajstić information content (AvgIpc) is 2.94. The number of unbranched alkanes of at least 4 members (excludes halogenated alkanes) is 6. The first kappa shape index (κ1) is 21.9. The molecule has 1 aliphatic carbocycles. The maximum absolute atomic E-state index is 12.1. The normalized spacial score (nSPS) is 20.5. The van der Waals surface area contributed by atoms with Crippen LogP contribution in [-0.4, -0.2) is 40.9 Å². The van der Waals surface area contributed by atoms with Gasteiger partial charge in [0.05, 0.1) is 12.4 Å². The Hall–Kier alpha value is -0.160. The molecule has 0 radical (unpaired) electrons. The van der Waals surface area contributed by atoms with Crippen molar-refractivity contribution in [1.82, 2.24) is 0 Å². The summed E-state index contributed by atoms with van der Waals surface area (Å²) in [6.45, 7) is 2.25. The lowest BCUT2D eigenvalue weighted by atomic mass is 10.2. The Bertz CT molecular complexity index is 361. The van der Waals surface area contributed by atoms with Gasteiger partial charge in [-0.3, -0.25) is 9.59 Å². The van der Waals surface area contributed by atoms with Crippen LogP contribution in [0.2, 0.25) is 0 Å². The Morgan fingerprint density at radius 1 is 1.04 bits per heavy atom. The first-order valence-electron chi connectivity index (χ1n) is 9.51. The quantitative estimate of drug-likeness (QED) is 0.307. The van der Waals surface area contributed by atoms with Crippen LogP contribution in [0.3, 0.4) is 0 Å². The van der Waals surface area contributed by atoms with Crippen LogP contribution >= 0.6 is 23.5 Å². The van der Waals surface area contributed by atoms with Crippen LogP contribution in [0.5, 0.6) is 0 Å². The van der Waals surface area contributed by atoms with E-state index in [0.29, 0.717) is 17.5 Å². The monoisotopic (exact) mass is 374 g/mol. The summed E-state index contributed by atoms with van der Waals surface area (Å²) in [4.78, 5) is 23.2. The summed E-state index contributed by atoms with van der Waals surface area (Å²) in [6.07, 6.45) is 12.0. The Labute approximate surface area is 156 Å². The van der Waals surface area contributed by atoms with Gasteiger partial charge in [0, 0.05) is 18.1 Å². The van der Waals surface area contributed by atoms with Gasteiger partial charge >= 0.3 is 5.97 Å². The molecule has 1 rings (SSSR count). The number of carbonyl (C=O) groups excluding carboxylic acids is 2. The Kier molecular flexibility index (Phi) is 12.8. The highest BCUT2D eigenvalue weighted by Crippen LogP contribution is 2.36. The van der Waals surface area contributed by atoms with Crippen molar-refractivity contribution in [2.75, 3.05) is 18.6 Å². The van der Waals surface area contributed by atoms with E-state index in [2.05, 4.69) is 11.7 Å². The molecule has 0 spiro atoms. The minimum atomic E-state index is -0.121. The highest BCUT2D eigenvalue weighted by molar-refractivity contribution is 8.04. The van der Waals surface area contributed by atoms with E-state index in [0.717, 1.165) is 37.9 Å². The first-order valence-corrected chi connectivity index (χ1v) is 11.6. The second kappa shape index (κ2) is 14.1. The molecule has 0 heterocycles. The molecule has 5 heteroatoms. The number of carbonyl (C=O) groups is 2. The molecule has 0 aromatic rings. The second-order valence-corrected chi connectivity index (χ2v) is 9.10. The van der Waals surface area contributed by atoms with Crippen LogP contribution in [0.1, 0.15) is 77.6 Å². The molecule has 0 amide bonds. The number of Topliss-reactive ketones (excluding diaryl/α,β-unsaturated/α-hetero) is 1. The van der Waals surface area contributed by atoms with Crippen molar-refractivity contribution in [1.29, 1.82) is 0 Å². The van der Waals surface area contributed by atoms with Gasteiger partial charge in [-0.2, -0.15) is 11.8 Å². The summed E-state index contributed by atoms with van der Waals surface area (Å²) in [6, 6.07) is 0. The zero-order valence-corrected chi connectivity index (χ0v) is 17.0. The Balaban J connectivity index is 2.10. The third-order valence-corrected chi connectivity index (χ3v) is 7.57. The van der Waals surface area contributed by atoms with Crippen molar-refractivity contribution >= 4 is 35.3 Å². The highest BCUT2D eigenvalue weighted by Gasteiger charge is 2.34. The molecule has 2 atom stereocenters. The molecule has 0 N–H and O–H groups in total. The van der Waals surface area contributed by atoms with Gasteiger partial charge in [-0.1, -0.05) is 39.0 Å². The van der Waals surface area contributed by atoms with E-state index >= 15 is 0 Å². The minimum Gasteiger partial charge on any atom is -0.469 e. The molecule has 0 aromatic carbocycles. The number of hydrogen-bond acceptors (Lipinski definition) is 5. The standard InChI is InChI=1S/C19H34O3S2/c1-3-4-5-6-9-14-23-17-13-12-16(20)19(17)24-15-10-7-8-11-18(21)22-2/h17,19H,3-15H2,1-2H3/t17-,19-/m0/s1. The third kappa shape index (κ3) is 9.36. The van der Waals surface area contributed by atoms with Crippen molar-refractivity contribution in [3.63, 3.8) is 0 Å². The van der Waals surface area contributed by atoms with E-state index in [4.69, 9.17) is 0 Å². The number of ketones is 1. The summed E-state index contributed by atoms with van der Waals surface area (Å²) < 4.78 is 4.64.